The lowest BCUT2D eigenvalue weighted by Crippen LogP contribution is -2.27. The maximum absolute atomic E-state index is 12.1. The van der Waals surface area contributed by atoms with E-state index in [-0.39, 0.29) is 6.10 Å². The molecule has 1 atom stereocenters. The molecule has 1 saturated heterocycles. The molecule has 148 valence electrons. The zero-order valence-electron chi connectivity index (χ0n) is 15.9. The molecule has 4 rings (SSSR count). The number of nitrogens with zero attached hydrogens (tertiary/aromatic N) is 2. The lowest BCUT2D eigenvalue weighted by molar-refractivity contribution is 0.100. The Bertz CT molecular complexity index is 1010. The zero-order valence-corrected chi connectivity index (χ0v) is 16.7. The van der Waals surface area contributed by atoms with Crippen molar-refractivity contribution in [1.29, 1.82) is 0 Å². The molecule has 1 amide bonds. The molecule has 1 fully saturated rings. The van der Waals surface area contributed by atoms with E-state index in [9.17, 15) is 4.79 Å². The number of pyridine rings is 1. The van der Waals surface area contributed by atoms with E-state index in [4.69, 9.17) is 22.1 Å². The number of carbonyl (C=O) groups excluding carboxylic acids is 1. The summed E-state index contributed by atoms with van der Waals surface area (Å²) in [5.74, 6) is 0.0152. The van der Waals surface area contributed by atoms with Crippen LogP contribution in [-0.4, -0.2) is 30.1 Å². The number of rotatable bonds is 6. The van der Waals surface area contributed by atoms with E-state index in [0.29, 0.717) is 23.0 Å². The zero-order chi connectivity index (χ0) is 20.2. The van der Waals surface area contributed by atoms with Crippen LogP contribution < -0.4 is 15.4 Å². The molecule has 5 nitrogen and oxygen atoms in total. The van der Waals surface area contributed by atoms with Crippen LogP contribution in [0.25, 0.3) is 0 Å². The first-order chi connectivity index (χ1) is 14.1. The Labute approximate surface area is 175 Å². The fourth-order valence-corrected chi connectivity index (χ4v) is 3.82. The van der Waals surface area contributed by atoms with Gasteiger partial charge in [0.05, 0.1) is 12.1 Å². The third kappa shape index (κ3) is 4.51. The van der Waals surface area contributed by atoms with Crippen molar-refractivity contribution < 1.29 is 9.53 Å². The smallest absolute Gasteiger partial charge is 0.250 e. The van der Waals surface area contributed by atoms with Crippen molar-refractivity contribution in [2.24, 2.45) is 5.73 Å². The predicted molar refractivity (Wildman–Crippen MR) is 115 cm³/mol. The normalized spacial score (nSPS) is 16.0. The Hall–Kier alpha value is -3.05. The first kappa shape index (κ1) is 19.3. The summed E-state index contributed by atoms with van der Waals surface area (Å²) >= 11 is 6.14. The maximum Gasteiger partial charge on any atom is 0.250 e. The Morgan fingerprint density at radius 3 is 2.72 bits per heavy atom. The standard InChI is InChI=1S/C23H22ClN3O2/c24-20-7-4-11-26-23(20)29-18-10-12-27(15-18)21-9-8-17(14-19(21)22(25)28)13-16-5-2-1-3-6-16/h1-9,11,14,18H,10,12-13,15H2,(H2,25,28). The second-order valence-electron chi connectivity index (χ2n) is 7.14. The van der Waals surface area contributed by atoms with Gasteiger partial charge in [0.15, 0.2) is 0 Å². The van der Waals surface area contributed by atoms with Gasteiger partial charge in [-0.2, -0.15) is 0 Å². The highest BCUT2D eigenvalue weighted by Crippen LogP contribution is 2.29. The van der Waals surface area contributed by atoms with E-state index in [1.807, 2.05) is 30.3 Å². The number of halogens is 1. The minimum absolute atomic E-state index is 0.0490. The highest BCUT2D eigenvalue weighted by Gasteiger charge is 2.27. The average molecular weight is 408 g/mol. The third-order valence-electron chi connectivity index (χ3n) is 5.07. The molecule has 29 heavy (non-hydrogen) atoms. The molecule has 3 aromatic rings. The number of nitrogens with two attached hydrogens (primary N) is 1. The molecule has 1 aliphatic heterocycles. The molecule has 2 heterocycles. The number of hydrogen-bond donors (Lipinski definition) is 1. The van der Waals surface area contributed by atoms with Crippen molar-refractivity contribution in [1.82, 2.24) is 4.98 Å². The van der Waals surface area contributed by atoms with Crippen molar-refractivity contribution in [3.05, 3.63) is 88.6 Å². The van der Waals surface area contributed by atoms with Gasteiger partial charge in [-0.3, -0.25) is 4.79 Å². The van der Waals surface area contributed by atoms with E-state index in [0.717, 1.165) is 30.6 Å². The fraction of sp³-hybridized carbons (Fsp3) is 0.217. The van der Waals surface area contributed by atoms with E-state index in [2.05, 4.69) is 28.1 Å². The van der Waals surface area contributed by atoms with Crippen molar-refractivity contribution in [3.8, 4) is 5.88 Å². The lowest BCUT2D eigenvalue weighted by Gasteiger charge is -2.22. The average Bonchev–Trinajstić information content (AvgIpc) is 3.19. The van der Waals surface area contributed by atoms with Crippen LogP contribution in [0, 0.1) is 0 Å². The number of primary amides is 1. The number of ether oxygens (including phenoxy) is 1. The van der Waals surface area contributed by atoms with Crippen molar-refractivity contribution >= 4 is 23.2 Å². The van der Waals surface area contributed by atoms with E-state index >= 15 is 0 Å². The number of aromatic nitrogens is 1. The predicted octanol–water partition coefficient (Wildman–Crippen LogP) is 4.08. The number of carbonyl (C=O) groups is 1. The van der Waals surface area contributed by atoms with Crippen LogP contribution in [0.4, 0.5) is 5.69 Å². The summed E-state index contributed by atoms with van der Waals surface area (Å²) < 4.78 is 5.96. The van der Waals surface area contributed by atoms with E-state index in [1.54, 1.807) is 18.3 Å². The molecule has 0 bridgehead atoms. The molecule has 1 unspecified atom stereocenters. The number of anilines is 1. The van der Waals surface area contributed by atoms with Gasteiger partial charge in [-0.1, -0.05) is 48.0 Å². The largest absolute Gasteiger partial charge is 0.471 e. The summed E-state index contributed by atoms with van der Waals surface area (Å²) in [7, 11) is 0. The van der Waals surface area contributed by atoms with Crippen LogP contribution >= 0.6 is 11.6 Å². The summed E-state index contributed by atoms with van der Waals surface area (Å²) in [5.41, 5.74) is 9.32. The van der Waals surface area contributed by atoms with Gasteiger partial charge in [-0.05, 0) is 41.8 Å². The fourth-order valence-electron chi connectivity index (χ4n) is 3.66. The van der Waals surface area contributed by atoms with Gasteiger partial charge in [-0.15, -0.1) is 0 Å². The quantitative estimate of drug-likeness (QED) is 0.668. The molecule has 0 aliphatic carbocycles. The summed E-state index contributed by atoms with van der Waals surface area (Å²) in [4.78, 5) is 18.5. The van der Waals surface area contributed by atoms with Crippen LogP contribution in [0.3, 0.4) is 0 Å². The molecule has 0 radical (unpaired) electrons. The molecule has 2 aromatic carbocycles. The van der Waals surface area contributed by atoms with Gasteiger partial charge < -0.3 is 15.4 Å². The first-order valence-corrected chi connectivity index (χ1v) is 9.97. The summed E-state index contributed by atoms with van der Waals surface area (Å²) in [5, 5.41) is 0.494. The minimum Gasteiger partial charge on any atom is -0.471 e. The molecular formula is C23H22ClN3O2. The van der Waals surface area contributed by atoms with Gasteiger partial charge in [-0.25, -0.2) is 4.98 Å². The monoisotopic (exact) mass is 407 g/mol. The second kappa shape index (κ2) is 8.53. The van der Waals surface area contributed by atoms with Crippen LogP contribution in [0.15, 0.2) is 66.9 Å². The number of hydrogen-bond acceptors (Lipinski definition) is 4. The molecule has 1 aliphatic rings. The highest BCUT2D eigenvalue weighted by atomic mass is 35.5. The lowest BCUT2D eigenvalue weighted by atomic mass is 10.0. The highest BCUT2D eigenvalue weighted by molar-refractivity contribution is 6.31. The van der Waals surface area contributed by atoms with Gasteiger partial charge in [0, 0.05) is 24.8 Å². The molecular weight excluding hydrogens is 386 g/mol. The van der Waals surface area contributed by atoms with Gasteiger partial charge in [0.2, 0.25) is 5.88 Å². The molecule has 6 heteroatoms. The Balaban J connectivity index is 1.50. The number of amides is 1. The second-order valence-corrected chi connectivity index (χ2v) is 7.55. The van der Waals surface area contributed by atoms with Crippen LogP contribution in [0.1, 0.15) is 27.9 Å². The van der Waals surface area contributed by atoms with Gasteiger partial charge in [0.25, 0.3) is 5.91 Å². The van der Waals surface area contributed by atoms with Crippen molar-refractivity contribution in [2.75, 3.05) is 18.0 Å². The van der Waals surface area contributed by atoms with Gasteiger partial charge in [0.1, 0.15) is 11.1 Å². The summed E-state index contributed by atoms with van der Waals surface area (Å²) in [6.07, 6.45) is 3.18. The SMILES string of the molecule is NC(=O)c1cc(Cc2ccccc2)ccc1N1CCC(Oc2ncccc2Cl)C1. The molecule has 1 aromatic heterocycles. The van der Waals surface area contributed by atoms with Crippen LogP contribution in [-0.2, 0) is 6.42 Å². The summed E-state index contributed by atoms with van der Waals surface area (Å²) in [6, 6.07) is 19.6. The van der Waals surface area contributed by atoms with Gasteiger partial charge >= 0.3 is 0 Å². The molecule has 2 N–H and O–H groups in total. The van der Waals surface area contributed by atoms with E-state index < -0.39 is 5.91 Å². The molecule has 0 spiro atoms. The Morgan fingerprint density at radius 2 is 1.97 bits per heavy atom. The van der Waals surface area contributed by atoms with E-state index in [1.165, 1.54) is 5.56 Å². The van der Waals surface area contributed by atoms with Crippen molar-refractivity contribution in [2.45, 2.75) is 18.9 Å². The number of benzene rings is 2. The maximum atomic E-state index is 12.1. The Kier molecular flexibility index (Phi) is 5.67. The first-order valence-electron chi connectivity index (χ1n) is 9.59. The molecule has 0 saturated carbocycles. The van der Waals surface area contributed by atoms with Crippen molar-refractivity contribution in [3.63, 3.8) is 0 Å². The van der Waals surface area contributed by atoms with Crippen LogP contribution in [0.5, 0.6) is 5.88 Å². The summed E-state index contributed by atoms with van der Waals surface area (Å²) in [6.45, 7) is 1.42. The third-order valence-corrected chi connectivity index (χ3v) is 5.35. The van der Waals surface area contributed by atoms with Crippen LogP contribution in [0.2, 0.25) is 5.02 Å². The Morgan fingerprint density at radius 1 is 1.14 bits per heavy atom. The minimum atomic E-state index is -0.424. The topological polar surface area (TPSA) is 68.5 Å².